The summed E-state index contributed by atoms with van der Waals surface area (Å²) in [6, 6.07) is 13.1. The zero-order valence-electron chi connectivity index (χ0n) is 14.3. The summed E-state index contributed by atoms with van der Waals surface area (Å²) in [5, 5.41) is 5.75. The van der Waals surface area contributed by atoms with Crippen molar-refractivity contribution in [3.05, 3.63) is 54.2 Å². The van der Waals surface area contributed by atoms with Gasteiger partial charge < -0.3 is 14.8 Å². The van der Waals surface area contributed by atoms with Crippen LogP contribution in [-0.4, -0.2) is 37.9 Å². The zero-order valence-corrected chi connectivity index (χ0v) is 14.3. The normalized spacial score (nSPS) is 16.0. The third-order valence-electron chi connectivity index (χ3n) is 4.62. The molecule has 0 atom stereocenters. The van der Waals surface area contributed by atoms with Gasteiger partial charge in [0.25, 0.3) is 0 Å². The smallest absolute Gasteiger partial charge is 0.320 e. The molecule has 3 rings (SSSR count). The highest BCUT2D eigenvalue weighted by Gasteiger charge is 2.37. The number of carbonyl (C=O) groups is 1. The summed E-state index contributed by atoms with van der Waals surface area (Å²) in [6.45, 7) is 1.85. The van der Waals surface area contributed by atoms with Crippen molar-refractivity contribution in [1.29, 1.82) is 0 Å². The van der Waals surface area contributed by atoms with Gasteiger partial charge in [-0.2, -0.15) is 0 Å². The fraction of sp³-hybridized carbons (Fsp3) is 0.368. The Morgan fingerprint density at radius 1 is 1.20 bits per heavy atom. The molecule has 2 aromatic rings. The van der Waals surface area contributed by atoms with Crippen molar-refractivity contribution < 1.29 is 14.3 Å². The molecule has 2 amide bonds. The van der Waals surface area contributed by atoms with Crippen molar-refractivity contribution in [1.82, 2.24) is 10.3 Å². The maximum absolute atomic E-state index is 12.3. The van der Waals surface area contributed by atoms with Gasteiger partial charge in [0, 0.05) is 36.9 Å². The molecule has 1 aromatic carbocycles. The van der Waals surface area contributed by atoms with Gasteiger partial charge in [-0.05, 0) is 31.0 Å². The number of nitrogens with zero attached hydrogens (tertiary/aromatic N) is 1. The number of anilines is 1. The number of rotatable bonds is 5. The SMILES string of the molecule is COc1ccccc1C1(CNC(=O)Nc2ccccn2)CCOCC1. The van der Waals surface area contributed by atoms with Crippen molar-refractivity contribution in [2.45, 2.75) is 18.3 Å². The van der Waals surface area contributed by atoms with Gasteiger partial charge in [0.15, 0.2) is 0 Å². The highest BCUT2D eigenvalue weighted by atomic mass is 16.5. The third-order valence-corrected chi connectivity index (χ3v) is 4.62. The van der Waals surface area contributed by atoms with Crippen molar-refractivity contribution in [2.24, 2.45) is 0 Å². The first-order valence-corrected chi connectivity index (χ1v) is 8.41. The summed E-state index contributed by atoms with van der Waals surface area (Å²) >= 11 is 0. The third kappa shape index (κ3) is 4.09. The van der Waals surface area contributed by atoms with Crippen molar-refractivity contribution in [3.63, 3.8) is 0 Å². The standard InChI is InChI=1S/C19H23N3O3/c1-24-16-7-3-2-6-15(16)19(9-12-25-13-10-19)14-21-18(23)22-17-8-4-5-11-20-17/h2-8,11H,9-10,12-14H2,1H3,(H2,20,21,22,23). The van der Waals surface area contributed by atoms with E-state index in [9.17, 15) is 4.79 Å². The first kappa shape index (κ1) is 17.2. The van der Waals surface area contributed by atoms with Crippen molar-refractivity contribution in [2.75, 3.05) is 32.2 Å². The molecule has 132 valence electrons. The first-order valence-electron chi connectivity index (χ1n) is 8.41. The second-order valence-electron chi connectivity index (χ2n) is 6.12. The largest absolute Gasteiger partial charge is 0.496 e. The van der Waals surface area contributed by atoms with E-state index < -0.39 is 0 Å². The number of aromatic nitrogens is 1. The van der Waals surface area contributed by atoms with Crippen LogP contribution < -0.4 is 15.4 Å². The van der Waals surface area contributed by atoms with E-state index in [0.29, 0.717) is 25.6 Å². The molecule has 0 radical (unpaired) electrons. The van der Waals surface area contributed by atoms with Crippen LogP contribution in [0.4, 0.5) is 10.6 Å². The number of amides is 2. The number of urea groups is 1. The fourth-order valence-corrected chi connectivity index (χ4v) is 3.23. The molecule has 0 aliphatic carbocycles. The minimum absolute atomic E-state index is 0.202. The lowest BCUT2D eigenvalue weighted by Gasteiger charge is -2.38. The van der Waals surface area contributed by atoms with Crippen LogP contribution in [0.25, 0.3) is 0 Å². The number of methoxy groups -OCH3 is 1. The van der Waals surface area contributed by atoms with E-state index >= 15 is 0 Å². The topological polar surface area (TPSA) is 72.5 Å². The number of hydrogen-bond donors (Lipinski definition) is 2. The number of hydrogen-bond acceptors (Lipinski definition) is 4. The highest BCUT2D eigenvalue weighted by molar-refractivity contribution is 5.88. The van der Waals surface area contributed by atoms with Gasteiger partial charge in [-0.15, -0.1) is 0 Å². The molecule has 6 nitrogen and oxygen atoms in total. The second-order valence-corrected chi connectivity index (χ2v) is 6.12. The van der Waals surface area contributed by atoms with Gasteiger partial charge in [-0.3, -0.25) is 5.32 Å². The Kier molecular flexibility index (Phi) is 5.50. The second kappa shape index (κ2) is 7.98. The quantitative estimate of drug-likeness (QED) is 0.877. The van der Waals surface area contributed by atoms with E-state index in [4.69, 9.17) is 9.47 Å². The van der Waals surface area contributed by atoms with Crippen LogP contribution in [0, 0.1) is 0 Å². The highest BCUT2D eigenvalue weighted by Crippen LogP contribution is 2.39. The molecule has 1 aliphatic rings. The Bertz CT molecular complexity index is 700. The Balaban J connectivity index is 1.74. The van der Waals surface area contributed by atoms with Gasteiger partial charge in [0.2, 0.25) is 0 Å². The Hall–Kier alpha value is -2.60. The number of pyridine rings is 1. The lowest BCUT2D eigenvalue weighted by Crippen LogP contribution is -2.46. The molecule has 2 heterocycles. The van der Waals surface area contributed by atoms with E-state index in [1.807, 2.05) is 30.3 Å². The lowest BCUT2D eigenvalue weighted by molar-refractivity contribution is 0.0500. The Morgan fingerprint density at radius 3 is 2.68 bits per heavy atom. The summed E-state index contributed by atoms with van der Waals surface area (Å²) in [4.78, 5) is 16.4. The average Bonchev–Trinajstić information content (AvgIpc) is 2.68. The molecule has 0 bridgehead atoms. The van der Waals surface area contributed by atoms with Crippen LogP contribution in [0.15, 0.2) is 48.7 Å². The maximum Gasteiger partial charge on any atom is 0.320 e. The van der Waals surface area contributed by atoms with Gasteiger partial charge in [-0.25, -0.2) is 9.78 Å². The van der Waals surface area contributed by atoms with Crippen LogP contribution >= 0.6 is 0 Å². The first-order chi connectivity index (χ1) is 12.2. The molecule has 1 aromatic heterocycles. The number of para-hydroxylation sites is 1. The van der Waals surface area contributed by atoms with Gasteiger partial charge in [0.1, 0.15) is 11.6 Å². The summed E-state index contributed by atoms with van der Waals surface area (Å²) < 4.78 is 11.1. The lowest BCUT2D eigenvalue weighted by atomic mass is 9.73. The van der Waals surface area contributed by atoms with E-state index in [1.165, 1.54) is 0 Å². The summed E-state index contributed by atoms with van der Waals surface area (Å²) in [7, 11) is 1.67. The molecule has 1 saturated heterocycles. The van der Waals surface area contributed by atoms with E-state index in [-0.39, 0.29) is 11.4 Å². The summed E-state index contributed by atoms with van der Waals surface area (Å²) in [5.74, 6) is 1.37. The number of ether oxygens (including phenoxy) is 2. The minimum Gasteiger partial charge on any atom is -0.496 e. The molecule has 1 aliphatic heterocycles. The number of carbonyl (C=O) groups excluding carboxylic acids is 1. The van der Waals surface area contributed by atoms with Gasteiger partial charge in [-0.1, -0.05) is 24.3 Å². The fourth-order valence-electron chi connectivity index (χ4n) is 3.23. The minimum atomic E-state index is -0.264. The van der Waals surface area contributed by atoms with E-state index in [1.54, 1.807) is 19.4 Å². The Morgan fingerprint density at radius 2 is 1.96 bits per heavy atom. The van der Waals surface area contributed by atoms with Crippen LogP contribution in [0.2, 0.25) is 0 Å². The molecule has 0 saturated carbocycles. The van der Waals surface area contributed by atoms with Crippen molar-refractivity contribution in [3.8, 4) is 5.75 Å². The molecule has 0 spiro atoms. The van der Waals surface area contributed by atoms with Gasteiger partial charge >= 0.3 is 6.03 Å². The monoisotopic (exact) mass is 341 g/mol. The zero-order chi connectivity index (χ0) is 17.5. The molecule has 25 heavy (non-hydrogen) atoms. The molecule has 6 heteroatoms. The number of benzene rings is 1. The van der Waals surface area contributed by atoms with Crippen LogP contribution in [-0.2, 0) is 10.2 Å². The van der Waals surface area contributed by atoms with Gasteiger partial charge in [0.05, 0.1) is 7.11 Å². The molecular formula is C19H23N3O3. The van der Waals surface area contributed by atoms with E-state index in [2.05, 4.69) is 21.7 Å². The van der Waals surface area contributed by atoms with E-state index in [0.717, 1.165) is 24.2 Å². The average molecular weight is 341 g/mol. The molecule has 2 N–H and O–H groups in total. The van der Waals surface area contributed by atoms with Crippen LogP contribution in [0.3, 0.4) is 0 Å². The number of nitrogens with one attached hydrogen (secondary N) is 2. The molecule has 1 fully saturated rings. The predicted molar refractivity (Wildman–Crippen MR) is 96.0 cm³/mol. The Labute approximate surface area is 147 Å². The van der Waals surface area contributed by atoms with Crippen LogP contribution in [0.1, 0.15) is 18.4 Å². The maximum atomic E-state index is 12.3. The molecule has 0 unspecified atom stereocenters. The van der Waals surface area contributed by atoms with Crippen LogP contribution in [0.5, 0.6) is 5.75 Å². The van der Waals surface area contributed by atoms with Crippen molar-refractivity contribution >= 4 is 11.8 Å². The summed E-state index contributed by atoms with van der Waals surface area (Å²) in [5.41, 5.74) is 0.908. The summed E-state index contributed by atoms with van der Waals surface area (Å²) in [6.07, 6.45) is 3.30. The predicted octanol–water partition coefficient (Wildman–Crippen LogP) is 2.96. The molecular weight excluding hydrogens is 318 g/mol.